The van der Waals surface area contributed by atoms with Crippen LogP contribution < -0.4 is 0 Å². The van der Waals surface area contributed by atoms with Crippen LogP contribution in [0.5, 0.6) is 0 Å². The zero-order valence-electron chi connectivity index (χ0n) is 20.1. The lowest BCUT2D eigenvalue weighted by atomic mass is 9.85. The molecule has 7 heteroatoms. The molecule has 1 aliphatic rings. The van der Waals surface area contributed by atoms with Crippen molar-refractivity contribution in [2.45, 2.75) is 51.1 Å². The fraction of sp³-hybridized carbons (Fsp3) is 0.267. The smallest absolute Gasteiger partial charge is 0.206 e. The van der Waals surface area contributed by atoms with Gasteiger partial charge in [0.25, 0.3) is 0 Å². The van der Waals surface area contributed by atoms with E-state index in [0.29, 0.717) is 29.5 Å². The van der Waals surface area contributed by atoms with E-state index in [0.717, 1.165) is 46.4 Å². The number of hydrogen-bond acceptors (Lipinski definition) is 1. The van der Waals surface area contributed by atoms with E-state index in [2.05, 4.69) is 19.1 Å². The molecule has 0 saturated carbocycles. The minimum absolute atomic E-state index is 0.0366. The lowest BCUT2D eigenvalue weighted by Crippen LogP contribution is -2.11. The number of thiophene rings is 1. The fourth-order valence-corrected chi connectivity index (χ4v) is 6.35. The van der Waals surface area contributed by atoms with Gasteiger partial charge in [-0.15, -0.1) is 11.3 Å². The molecule has 1 aliphatic carbocycles. The third-order valence-electron chi connectivity index (χ3n) is 6.95. The maximum Gasteiger partial charge on any atom is 0.422 e. The van der Waals surface area contributed by atoms with Crippen molar-refractivity contribution in [3.8, 4) is 11.1 Å². The Morgan fingerprint density at radius 2 is 1.54 bits per heavy atom. The predicted molar refractivity (Wildman–Crippen MR) is 137 cm³/mol. The zero-order valence-corrected chi connectivity index (χ0v) is 20.9. The highest BCUT2D eigenvalue weighted by molar-refractivity contribution is 7.19. The normalized spacial score (nSPS) is 16.3. The first kappa shape index (κ1) is 25.6. The minimum Gasteiger partial charge on any atom is -0.206 e. The number of benzene rings is 3. The summed E-state index contributed by atoms with van der Waals surface area (Å²) in [5, 5.41) is 0.682. The number of halogens is 6. The predicted octanol–water partition coefficient (Wildman–Crippen LogP) is 10.3. The van der Waals surface area contributed by atoms with E-state index in [1.807, 2.05) is 12.1 Å². The van der Waals surface area contributed by atoms with E-state index >= 15 is 4.39 Å². The summed E-state index contributed by atoms with van der Waals surface area (Å²) in [4.78, 5) is 0.792. The third kappa shape index (κ3) is 5.06. The minimum atomic E-state index is -5.10. The Hall–Kier alpha value is -3.06. The van der Waals surface area contributed by atoms with Crippen molar-refractivity contribution in [2.24, 2.45) is 0 Å². The summed E-state index contributed by atoms with van der Waals surface area (Å²) in [6.07, 6.45) is 1.28. The van der Waals surface area contributed by atoms with Crippen LogP contribution in [-0.4, -0.2) is 0 Å². The Bertz CT molecular complexity index is 1450. The number of aryl methyl sites for hydroxylation is 1. The molecule has 0 spiro atoms. The number of rotatable bonds is 5. The Kier molecular flexibility index (Phi) is 6.92. The van der Waals surface area contributed by atoms with Crippen LogP contribution in [0.2, 0.25) is 0 Å². The molecule has 0 fully saturated rings. The van der Waals surface area contributed by atoms with Crippen LogP contribution in [-0.2, 0) is 12.6 Å². The van der Waals surface area contributed by atoms with Gasteiger partial charge in [-0.2, -0.15) is 13.2 Å². The van der Waals surface area contributed by atoms with E-state index in [-0.39, 0.29) is 17.3 Å². The van der Waals surface area contributed by atoms with Gasteiger partial charge in [0.05, 0.1) is 0 Å². The van der Waals surface area contributed by atoms with Crippen LogP contribution in [0, 0.1) is 17.5 Å². The molecule has 3 aromatic carbocycles. The second kappa shape index (κ2) is 10.0. The SMILES string of the molecule is CCCc1ccc2c(F)c(C3CC=C(c4ccc(-c5cc(F)c(C(F)(F)F)c(F)c5)cc4)CC3)sc2c1. The quantitative estimate of drug-likeness (QED) is 0.225. The number of allylic oxidation sites excluding steroid dienone is 2. The fourth-order valence-electron chi connectivity index (χ4n) is 5.06. The van der Waals surface area contributed by atoms with E-state index in [4.69, 9.17) is 0 Å². The van der Waals surface area contributed by atoms with E-state index in [9.17, 15) is 22.0 Å². The molecule has 0 saturated heterocycles. The van der Waals surface area contributed by atoms with Gasteiger partial charge in [0.15, 0.2) is 0 Å². The summed E-state index contributed by atoms with van der Waals surface area (Å²) >= 11 is 1.54. The topological polar surface area (TPSA) is 0 Å². The van der Waals surface area contributed by atoms with Gasteiger partial charge >= 0.3 is 6.18 Å². The van der Waals surface area contributed by atoms with E-state index < -0.39 is 23.4 Å². The lowest BCUT2D eigenvalue weighted by Gasteiger charge is -2.21. The van der Waals surface area contributed by atoms with Crippen molar-refractivity contribution in [2.75, 3.05) is 0 Å². The van der Waals surface area contributed by atoms with Crippen LogP contribution in [0.3, 0.4) is 0 Å². The van der Waals surface area contributed by atoms with Crippen LogP contribution in [0.25, 0.3) is 26.8 Å². The second-order valence-corrected chi connectivity index (χ2v) is 10.5. The molecule has 0 nitrogen and oxygen atoms in total. The Morgan fingerprint density at radius 3 is 2.14 bits per heavy atom. The maximum absolute atomic E-state index is 15.2. The van der Waals surface area contributed by atoms with Crippen molar-refractivity contribution in [3.05, 3.63) is 99.7 Å². The Morgan fingerprint density at radius 1 is 0.865 bits per heavy atom. The zero-order chi connectivity index (χ0) is 26.3. The highest BCUT2D eigenvalue weighted by Crippen LogP contribution is 2.43. The lowest BCUT2D eigenvalue weighted by molar-refractivity contribution is -0.142. The van der Waals surface area contributed by atoms with Crippen molar-refractivity contribution in [1.29, 1.82) is 0 Å². The monoisotopic (exact) mass is 530 g/mol. The molecule has 0 N–H and O–H groups in total. The standard InChI is InChI=1S/C30H24F6S/c1-2-3-17-4-13-23-26(14-17)37-29(28(23)33)21-11-9-19(10-12-21)18-5-7-20(8-6-18)22-15-24(31)27(25(32)16-22)30(34,35)36/h4-9,13-16,21H,2-3,10-12H2,1H3. The first-order chi connectivity index (χ1) is 17.7. The summed E-state index contributed by atoms with van der Waals surface area (Å²) in [7, 11) is 0. The molecule has 0 aliphatic heterocycles. The Labute approximate surface area is 215 Å². The maximum atomic E-state index is 15.2. The summed E-state index contributed by atoms with van der Waals surface area (Å²) < 4.78 is 82.7. The molecule has 1 unspecified atom stereocenters. The summed E-state index contributed by atoms with van der Waals surface area (Å²) in [5.41, 5.74) is 1.81. The third-order valence-corrected chi connectivity index (χ3v) is 8.24. The summed E-state index contributed by atoms with van der Waals surface area (Å²) in [6, 6.07) is 14.3. The Balaban J connectivity index is 1.34. The second-order valence-electron chi connectivity index (χ2n) is 9.45. The largest absolute Gasteiger partial charge is 0.422 e. The molecule has 1 heterocycles. The molecule has 37 heavy (non-hydrogen) atoms. The molecular formula is C30H24F6S. The number of fused-ring (bicyclic) bond motifs is 1. The van der Waals surface area contributed by atoms with Crippen molar-refractivity contribution >= 4 is 27.0 Å². The van der Waals surface area contributed by atoms with Crippen LogP contribution >= 0.6 is 11.3 Å². The first-order valence-corrected chi connectivity index (χ1v) is 13.0. The molecular weight excluding hydrogens is 506 g/mol. The first-order valence-electron chi connectivity index (χ1n) is 12.2. The highest BCUT2D eigenvalue weighted by atomic mass is 32.1. The van der Waals surface area contributed by atoms with Gasteiger partial charge in [0.2, 0.25) is 0 Å². The number of hydrogen-bond donors (Lipinski definition) is 0. The van der Waals surface area contributed by atoms with Gasteiger partial charge in [-0.05, 0) is 71.7 Å². The van der Waals surface area contributed by atoms with Gasteiger partial charge in [-0.1, -0.05) is 55.8 Å². The highest BCUT2D eigenvalue weighted by Gasteiger charge is 2.38. The van der Waals surface area contributed by atoms with Gasteiger partial charge < -0.3 is 0 Å². The molecule has 4 aromatic rings. The molecule has 192 valence electrons. The molecule has 0 bridgehead atoms. The van der Waals surface area contributed by atoms with Crippen molar-refractivity contribution < 1.29 is 26.3 Å². The molecule has 1 atom stereocenters. The summed E-state index contributed by atoms with van der Waals surface area (Å²) in [6.45, 7) is 2.12. The van der Waals surface area contributed by atoms with Crippen LogP contribution in [0.1, 0.15) is 60.1 Å². The van der Waals surface area contributed by atoms with Crippen LogP contribution in [0.15, 0.2) is 60.7 Å². The van der Waals surface area contributed by atoms with Crippen LogP contribution in [0.4, 0.5) is 26.3 Å². The van der Waals surface area contributed by atoms with Gasteiger partial charge in [-0.25, -0.2) is 13.2 Å². The van der Waals surface area contributed by atoms with Gasteiger partial charge in [0, 0.05) is 20.9 Å². The average molecular weight is 531 g/mol. The van der Waals surface area contributed by atoms with Crippen molar-refractivity contribution in [3.63, 3.8) is 0 Å². The molecule has 0 radical (unpaired) electrons. The molecule has 0 amide bonds. The average Bonchev–Trinajstić information content (AvgIpc) is 3.19. The van der Waals surface area contributed by atoms with Gasteiger partial charge in [0.1, 0.15) is 23.0 Å². The summed E-state index contributed by atoms with van der Waals surface area (Å²) in [5.74, 6) is -3.29. The molecule has 5 rings (SSSR count). The van der Waals surface area contributed by atoms with Crippen molar-refractivity contribution in [1.82, 2.24) is 0 Å². The van der Waals surface area contributed by atoms with Gasteiger partial charge in [-0.3, -0.25) is 0 Å². The van der Waals surface area contributed by atoms with E-state index in [1.165, 1.54) is 16.9 Å². The van der Waals surface area contributed by atoms with E-state index in [1.54, 1.807) is 24.3 Å². The number of alkyl halides is 3. The molecule has 1 aromatic heterocycles.